The minimum atomic E-state index is -0.115. The van der Waals surface area contributed by atoms with Crippen LogP contribution in [-0.2, 0) is 11.3 Å². The monoisotopic (exact) mass is 347 g/mol. The quantitative estimate of drug-likeness (QED) is 0.856. The van der Waals surface area contributed by atoms with Gasteiger partial charge >= 0.3 is 0 Å². The first-order valence-electron chi connectivity index (χ1n) is 7.89. The molecule has 0 spiro atoms. The molecular weight excluding hydrogens is 326 g/mol. The number of carbonyl (C=O) groups is 1. The summed E-state index contributed by atoms with van der Waals surface area (Å²) in [6.07, 6.45) is 1.78. The first-order valence-corrected chi connectivity index (χ1v) is 8.66. The number of hydrogen-bond donors (Lipinski definition) is 2. The van der Waals surface area contributed by atoms with Gasteiger partial charge in [0.25, 0.3) is 5.91 Å². The minimum absolute atomic E-state index is 0.115. The van der Waals surface area contributed by atoms with E-state index in [4.69, 9.17) is 4.74 Å². The van der Waals surface area contributed by atoms with Crippen molar-refractivity contribution in [1.82, 2.24) is 14.7 Å². The summed E-state index contributed by atoms with van der Waals surface area (Å²) in [5, 5.41) is 6.76. The zero-order valence-corrected chi connectivity index (χ0v) is 14.7. The molecule has 1 saturated heterocycles. The lowest BCUT2D eigenvalue weighted by molar-refractivity contribution is 0.0951. The Morgan fingerprint density at radius 1 is 1.42 bits per heavy atom. The van der Waals surface area contributed by atoms with E-state index in [-0.39, 0.29) is 5.91 Å². The molecule has 3 rings (SSSR count). The van der Waals surface area contributed by atoms with Crippen molar-refractivity contribution in [1.29, 1.82) is 0 Å². The number of ether oxygens (including phenoxy) is 1. The van der Waals surface area contributed by atoms with Crippen molar-refractivity contribution in [2.24, 2.45) is 0 Å². The maximum atomic E-state index is 12.4. The Bertz CT molecular complexity index is 712. The molecule has 1 aliphatic heterocycles. The molecule has 1 aliphatic rings. The molecule has 7 nitrogen and oxygen atoms in total. The molecule has 1 amide bonds. The third-order valence-electron chi connectivity index (χ3n) is 3.91. The molecule has 0 saturated carbocycles. The molecule has 0 aromatic carbocycles. The number of carbonyl (C=O) groups excluding carboxylic acids is 1. The van der Waals surface area contributed by atoms with Gasteiger partial charge in [-0.15, -0.1) is 0 Å². The first kappa shape index (κ1) is 16.7. The summed E-state index contributed by atoms with van der Waals surface area (Å²) in [5.41, 5.74) is 2.38. The molecule has 0 radical (unpaired) electrons. The van der Waals surface area contributed by atoms with Crippen molar-refractivity contribution < 1.29 is 9.53 Å². The van der Waals surface area contributed by atoms with Crippen molar-refractivity contribution in [2.45, 2.75) is 13.5 Å². The maximum absolute atomic E-state index is 12.4. The van der Waals surface area contributed by atoms with E-state index in [1.54, 1.807) is 13.2 Å². The number of amides is 1. The molecular formula is C16H21N5O2S. The molecule has 0 unspecified atom stereocenters. The van der Waals surface area contributed by atoms with Crippen LogP contribution in [0.5, 0.6) is 0 Å². The smallest absolute Gasteiger partial charge is 0.256 e. The minimum Gasteiger partial charge on any atom is -0.378 e. The van der Waals surface area contributed by atoms with Crippen LogP contribution in [0.25, 0.3) is 0 Å². The number of pyridine rings is 1. The normalized spacial score (nSPS) is 14.5. The Kier molecular flexibility index (Phi) is 5.27. The van der Waals surface area contributed by atoms with Gasteiger partial charge in [-0.3, -0.25) is 4.79 Å². The summed E-state index contributed by atoms with van der Waals surface area (Å²) in [6.45, 7) is 5.42. The van der Waals surface area contributed by atoms with Crippen molar-refractivity contribution in [3.05, 3.63) is 35.2 Å². The number of aromatic nitrogens is 2. The van der Waals surface area contributed by atoms with E-state index >= 15 is 0 Å². The fourth-order valence-electron chi connectivity index (χ4n) is 2.61. The van der Waals surface area contributed by atoms with E-state index in [1.165, 1.54) is 11.5 Å². The molecule has 3 heterocycles. The van der Waals surface area contributed by atoms with Crippen LogP contribution < -0.4 is 15.5 Å². The molecule has 24 heavy (non-hydrogen) atoms. The van der Waals surface area contributed by atoms with Crippen LogP contribution in [0.2, 0.25) is 0 Å². The zero-order valence-electron chi connectivity index (χ0n) is 13.8. The SMILES string of the molecule is CNc1snc(C)c1C(=O)NCc1ccnc(N2CCOCC2)c1. The van der Waals surface area contributed by atoms with E-state index in [9.17, 15) is 4.79 Å². The van der Waals surface area contributed by atoms with Gasteiger partial charge in [-0.1, -0.05) is 0 Å². The lowest BCUT2D eigenvalue weighted by atomic mass is 10.2. The Balaban J connectivity index is 1.66. The number of nitrogens with one attached hydrogen (secondary N) is 2. The van der Waals surface area contributed by atoms with Gasteiger partial charge in [-0.2, -0.15) is 4.37 Å². The number of hydrogen-bond acceptors (Lipinski definition) is 7. The molecule has 0 bridgehead atoms. The number of nitrogens with zero attached hydrogens (tertiary/aromatic N) is 3. The average molecular weight is 347 g/mol. The van der Waals surface area contributed by atoms with E-state index in [0.717, 1.165) is 48.4 Å². The first-order chi connectivity index (χ1) is 11.7. The van der Waals surface area contributed by atoms with Gasteiger partial charge < -0.3 is 20.3 Å². The summed E-state index contributed by atoms with van der Waals surface area (Å²) in [6, 6.07) is 3.94. The van der Waals surface area contributed by atoms with Crippen LogP contribution in [0.1, 0.15) is 21.6 Å². The lowest BCUT2D eigenvalue weighted by Gasteiger charge is -2.28. The highest BCUT2D eigenvalue weighted by molar-refractivity contribution is 7.10. The molecule has 2 aromatic heterocycles. The number of anilines is 2. The summed E-state index contributed by atoms with van der Waals surface area (Å²) < 4.78 is 9.60. The van der Waals surface area contributed by atoms with Crippen molar-refractivity contribution in [2.75, 3.05) is 43.6 Å². The maximum Gasteiger partial charge on any atom is 0.256 e. The van der Waals surface area contributed by atoms with Gasteiger partial charge in [0.15, 0.2) is 0 Å². The Labute approximate surface area is 145 Å². The van der Waals surface area contributed by atoms with Crippen LogP contribution in [0.3, 0.4) is 0 Å². The predicted octanol–water partition coefficient (Wildman–Crippen LogP) is 1.65. The third kappa shape index (κ3) is 3.65. The molecule has 0 aliphatic carbocycles. The molecule has 128 valence electrons. The second kappa shape index (κ2) is 7.59. The summed E-state index contributed by atoms with van der Waals surface area (Å²) in [4.78, 5) is 19.1. The lowest BCUT2D eigenvalue weighted by Crippen LogP contribution is -2.36. The summed E-state index contributed by atoms with van der Waals surface area (Å²) in [5.74, 6) is 0.810. The van der Waals surface area contributed by atoms with E-state index in [1.807, 2.05) is 19.1 Å². The van der Waals surface area contributed by atoms with Gasteiger partial charge in [0.05, 0.1) is 24.5 Å². The van der Waals surface area contributed by atoms with Crippen LogP contribution in [0, 0.1) is 6.92 Å². The van der Waals surface area contributed by atoms with Gasteiger partial charge in [0, 0.05) is 32.9 Å². The number of aryl methyl sites for hydroxylation is 1. The largest absolute Gasteiger partial charge is 0.378 e. The molecule has 0 atom stereocenters. The second-order valence-electron chi connectivity index (χ2n) is 5.53. The Morgan fingerprint density at radius 3 is 2.96 bits per heavy atom. The molecule has 1 fully saturated rings. The fraction of sp³-hybridized carbons (Fsp3) is 0.438. The highest BCUT2D eigenvalue weighted by atomic mass is 32.1. The van der Waals surface area contributed by atoms with Gasteiger partial charge in [0.1, 0.15) is 10.8 Å². The van der Waals surface area contributed by atoms with Gasteiger partial charge in [0.2, 0.25) is 0 Å². The predicted molar refractivity (Wildman–Crippen MR) is 94.8 cm³/mol. The third-order valence-corrected chi connectivity index (χ3v) is 4.87. The van der Waals surface area contributed by atoms with Crippen molar-refractivity contribution in [3.8, 4) is 0 Å². The zero-order chi connectivity index (χ0) is 16.9. The Hall–Kier alpha value is -2.19. The molecule has 8 heteroatoms. The standard InChI is InChI=1S/C16H21N5O2S/c1-11-14(16(17-2)24-20-11)15(22)19-10-12-3-4-18-13(9-12)21-5-7-23-8-6-21/h3-4,9,17H,5-8,10H2,1-2H3,(H,19,22). The highest BCUT2D eigenvalue weighted by Gasteiger charge is 2.18. The van der Waals surface area contributed by atoms with Crippen LogP contribution in [0.4, 0.5) is 10.8 Å². The van der Waals surface area contributed by atoms with Gasteiger partial charge in [-0.05, 0) is 36.2 Å². The number of morpholine rings is 1. The van der Waals surface area contributed by atoms with E-state index < -0.39 is 0 Å². The van der Waals surface area contributed by atoms with Crippen molar-refractivity contribution in [3.63, 3.8) is 0 Å². The van der Waals surface area contributed by atoms with Crippen molar-refractivity contribution >= 4 is 28.3 Å². The molecule has 2 aromatic rings. The fourth-order valence-corrected chi connectivity index (χ4v) is 3.36. The Morgan fingerprint density at radius 2 is 2.21 bits per heavy atom. The van der Waals surface area contributed by atoms with Crippen LogP contribution >= 0.6 is 11.5 Å². The summed E-state index contributed by atoms with van der Waals surface area (Å²) in [7, 11) is 1.79. The van der Waals surface area contributed by atoms with Crippen LogP contribution in [-0.4, -0.2) is 48.6 Å². The summed E-state index contributed by atoms with van der Waals surface area (Å²) >= 11 is 1.30. The van der Waals surface area contributed by atoms with E-state index in [0.29, 0.717) is 12.1 Å². The topological polar surface area (TPSA) is 79.4 Å². The average Bonchev–Trinajstić information content (AvgIpc) is 3.01. The van der Waals surface area contributed by atoms with E-state index in [2.05, 4.69) is 24.9 Å². The second-order valence-corrected chi connectivity index (χ2v) is 6.30. The highest BCUT2D eigenvalue weighted by Crippen LogP contribution is 2.23. The molecule has 2 N–H and O–H groups in total. The van der Waals surface area contributed by atoms with Crippen LogP contribution in [0.15, 0.2) is 18.3 Å². The number of rotatable bonds is 5. The van der Waals surface area contributed by atoms with Gasteiger partial charge in [-0.25, -0.2) is 4.98 Å².